The highest BCUT2D eigenvalue weighted by molar-refractivity contribution is 5.78. The first-order chi connectivity index (χ1) is 15.7. The van der Waals surface area contributed by atoms with Crippen LogP contribution in [0.2, 0.25) is 0 Å². The van der Waals surface area contributed by atoms with Crippen molar-refractivity contribution in [3.8, 4) is 0 Å². The molecule has 2 aromatic heterocycles. The summed E-state index contributed by atoms with van der Waals surface area (Å²) in [5.74, 6) is -0.0861. The van der Waals surface area contributed by atoms with Gasteiger partial charge in [0.25, 0.3) is 0 Å². The van der Waals surface area contributed by atoms with Gasteiger partial charge >= 0.3 is 0 Å². The van der Waals surface area contributed by atoms with Gasteiger partial charge in [-0.05, 0) is 36.5 Å². The summed E-state index contributed by atoms with van der Waals surface area (Å²) in [5, 5.41) is 21.3. The van der Waals surface area contributed by atoms with Crippen LogP contribution in [0.5, 0.6) is 0 Å². The Kier molecular flexibility index (Phi) is 7.58. The maximum atomic E-state index is 12.4. The molecule has 0 radical (unpaired) electrons. The van der Waals surface area contributed by atoms with E-state index in [0.717, 1.165) is 36.9 Å². The Balaban J connectivity index is 1.23. The molecule has 1 aliphatic rings. The highest BCUT2D eigenvalue weighted by atomic mass is 16.5. The standard InChI is InChI=1S/C24H29N5O3/c30-17-23-22(26-24(31)14-19-7-4-11-25-15-19)9-8-21(32-23)10-12-29-16-20(27-28-29)13-18-5-2-1-3-6-18/h1-7,11,15-16,21-23,30H,8-10,12-14,17H2,(H,26,31)/t21-,22+,23+/m0/s1. The summed E-state index contributed by atoms with van der Waals surface area (Å²) < 4.78 is 7.93. The predicted molar refractivity (Wildman–Crippen MR) is 119 cm³/mol. The molecule has 1 amide bonds. The molecule has 168 valence electrons. The first-order valence-corrected chi connectivity index (χ1v) is 11.1. The van der Waals surface area contributed by atoms with E-state index in [1.807, 2.05) is 41.2 Å². The van der Waals surface area contributed by atoms with Gasteiger partial charge in [-0.15, -0.1) is 5.10 Å². The summed E-state index contributed by atoms with van der Waals surface area (Å²) in [6, 6.07) is 13.7. The summed E-state index contributed by atoms with van der Waals surface area (Å²) in [5.41, 5.74) is 3.00. The van der Waals surface area contributed by atoms with Gasteiger partial charge in [-0.25, -0.2) is 0 Å². The molecule has 32 heavy (non-hydrogen) atoms. The van der Waals surface area contributed by atoms with Crippen molar-refractivity contribution in [3.63, 3.8) is 0 Å². The average Bonchev–Trinajstić information content (AvgIpc) is 3.27. The van der Waals surface area contributed by atoms with Crippen LogP contribution in [0.4, 0.5) is 0 Å². The van der Waals surface area contributed by atoms with Crippen LogP contribution in [0.1, 0.15) is 36.1 Å². The number of benzene rings is 1. The summed E-state index contributed by atoms with van der Waals surface area (Å²) in [7, 11) is 0. The third kappa shape index (κ3) is 6.21. The number of aliphatic hydroxyl groups excluding tert-OH is 1. The van der Waals surface area contributed by atoms with Crippen molar-refractivity contribution in [2.45, 2.75) is 56.9 Å². The van der Waals surface area contributed by atoms with Crippen LogP contribution in [-0.4, -0.2) is 55.8 Å². The van der Waals surface area contributed by atoms with Gasteiger partial charge in [0.2, 0.25) is 5.91 Å². The van der Waals surface area contributed by atoms with E-state index in [4.69, 9.17) is 4.74 Å². The normalized spacial score (nSPS) is 20.7. The Hall–Kier alpha value is -3.10. The lowest BCUT2D eigenvalue weighted by atomic mass is 9.97. The van der Waals surface area contributed by atoms with Crippen molar-refractivity contribution < 1.29 is 14.6 Å². The number of hydrogen-bond donors (Lipinski definition) is 2. The molecular formula is C24H29N5O3. The molecule has 0 saturated carbocycles. The molecule has 2 N–H and O–H groups in total. The number of nitrogens with one attached hydrogen (secondary N) is 1. The predicted octanol–water partition coefficient (Wildman–Crippen LogP) is 1.92. The second-order valence-corrected chi connectivity index (χ2v) is 8.19. The van der Waals surface area contributed by atoms with Gasteiger partial charge in [0.05, 0.1) is 30.9 Å². The molecule has 1 fully saturated rings. The molecule has 1 aliphatic heterocycles. The van der Waals surface area contributed by atoms with Gasteiger partial charge < -0.3 is 15.2 Å². The van der Waals surface area contributed by atoms with Crippen LogP contribution in [0.25, 0.3) is 0 Å². The Bertz CT molecular complexity index is 980. The summed E-state index contributed by atoms with van der Waals surface area (Å²) in [6.07, 6.45) is 8.34. The summed E-state index contributed by atoms with van der Waals surface area (Å²) >= 11 is 0. The molecule has 3 atom stereocenters. The van der Waals surface area contributed by atoms with Crippen LogP contribution in [0, 0.1) is 0 Å². The number of ether oxygens (including phenoxy) is 1. The Morgan fingerprint density at radius 2 is 2.00 bits per heavy atom. The van der Waals surface area contributed by atoms with Gasteiger partial charge in [-0.3, -0.25) is 14.5 Å². The molecule has 8 nitrogen and oxygen atoms in total. The number of aryl methyl sites for hydroxylation is 1. The van der Waals surface area contributed by atoms with Crippen LogP contribution < -0.4 is 5.32 Å². The molecule has 0 aliphatic carbocycles. The largest absolute Gasteiger partial charge is 0.394 e. The number of nitrogens with zero attached hydrogens (tertiary/aromatic N) is 4. The zero-order valence-corrected chi connectivity index (χ0v) is 18.0. The fourth-order valence-corrected chi connectivity index (χ4v) is 4.07. The van der Waals surface area contributed by atoms with E-state index in [9.17, 15) is 9.90 Å². The van der Waals surface area contributed by atoms with Crippen molar-refractivity contribution >= 4 is 5.91 Å². The van der Waals surface area contributed by atoms with E-state index < -0.39 is 6.10 Å². The quantitative estimate of drug-likeness (QED) is 0.532. The summed E-state index contributed by atoms with van der Waals surface area (Å²) in [6.45, 7) is 0.571. The number of rotatable bonds is 9. The van der Waals surface area contributed by atoms with Crippen molar-refractivity contribution in [3.05, 3.63) is 77.9 Å². The van der Waals surface area contributed by atoms with E-state index in [0.29, 0.717) is 6.54 Å². The Morgan fingerprint density at radius 1 is 1.16 bits per heavy atom. The molecule has 3 aromatic rings. The smallest absolute Gasteiger partial charge is 0.224 e. The molecule has 1 saturated heterocycles. The van der Waals surface area contributed by atoms with Gasteiger partial charge in [-0.2, -0.15) is 0 Å². The third-order valence-corrected chi connectivity index (χ3v) is 5.72. The monoisotopic (exact) mass is 435 g/mol. The molecule has 0 bridgehead atoms. The van der Waals surface area contributed by atoms with Crippen molar-refractivity contribution in [2.75, 3.05) is 6.61 Å². The zero-order chi connectivity index (χ0) is 22.2. The van der Waals surface area contributed by atoms with Crippen LogP contribution in [0.15, 0.2) is 61.1 Å². The number of aromatic nitrogens is 4. The summed E-state index contributed by atoms with van der Waals surface area (Å²) in [4.78, 5) is 16.4. The number of aliphatic hydroxyl groups is 1. The molecule has 0 spiro atoms. The van der Waals surface area contributed by atoms with Crippen molar-refractivity contribution in [2.24, 2.45) is 0 Å². The van der Waals surface area contributed by atoms with Gasteiger partial charge in [0.15, 0.2) is 0 Å². The minimum atomic E-state index is -0.406. The highest BCUT2D eigenvalue weighted by Gasteiger charge is 2.31. The molecule has 1 aromatic carbocycles. The Morgan fingerprint density at radius 3 is 2.78 bits per heavy atom. The fourth-order valence-electron chi connectivity index (χ4n) is 4.07. The maximum Gasteiger partial charge on any atom is 0.224 e. The minimum absolute atomic E-state index is 0.0143. The molecule has 3 heterocycles. The van der Waals surface area contributed by atoms with Crippen molar-refractivity contribution in [1.82, 2.24) is 25.3 Å². The number of carbonyl (C=O) groups excluding carboxylic acids is 1. The SMILES string of the molecule is O=C(Cc1cccnc1)N[C@@H]1CC[C@@H](CCn2cc(Cc3ccccc3)nn2)O[C@@H]1CO. The first kappa shape index (κ1) is 22.1. The average molecular weight is 436 g/mol. The molecule has 4 rings (SSSR count). The lowest BCUT2D eigenvalue weighted by Gasteiger charge is -2.36. The fraction of sp³-hybridized carbons (Fsp3) is 0.417. The second kappa shape index (κ2) is 11.0. The van der Waals surface area contributed by atoms with E-state index >= 15 is 0 Å². The topological polar surface area (TPSA) is 102 Å². The first-order valence-electron chi connectivity index (χ1n) is 11.1. The molecule has 0 unspecified atom stereocenters. The lowest BCUT2D eigenvalue weighted by molar-refractivity contribution is -0.128. The van der Waals surface area contributed by atoms with Crippen molar-refractivity contribution in [1.29, 1.82) is 0 Å². The number of pyridine rings is 1. The van der Waals surface area contributed by atoms with Gasteiger partial charge in [-0.1, -0.05) is 41.6 Å². The third-order valence-electron chi connectivity index (χ3n) is 5.72. The van der Waals surface area contributed by atoms with E-state index in [1.165, 1.54) is 5.56 Å². The highest BCUT2D eigenvalue weighted by Crippen LogP contribution is 2.22. The maximum absolute atomic E-state index is 12.4. The number of amides is 1. The van der Waals surface area contributed by atoms with E-state index in [2.05, 4.69) is 32.7 Å². The number of carbonyl (C=O) groups is 1. The van der Waals surface area contributed by atoms with E-state index in [-0.39, 0.29) is 31.1 Å². The minimum Gasteiger partial charge on any atom is -0.394 e. The van der Waals surface area contributed by atoms with Crippen LogP contribution in [0.3, 0.4) is 0 Å². The molecular weight excluding hydrogens is 406 g/mol. The van der Waals surface area contributed by atoms with Crippen LogP contribution in [-0.2, 0) is 28.9 Å². The lowest BCUT2D eigenvalue weighted by Crippen LogP contribution is -2.51. The van der Waals surface area contributed by atoms with E-state index in [1.54, 1.807) is 12.4 Å². The zero-order valence-electron chi connectivity index (χ0n) is 18.0. The second-order valence-electron chi connectivity index (χ2n) is 8.19. The van der Waals surface area contributed by atoms with Gasteiger partial charge in [0, 0.05) is 31.6 Å². The van der Waals surface area contributed by atoms with Crippen LogP contribution >= 0.6 is 0 Å². The number of hydrogen-bond acceptors (Lipinski definition) is 6. The van der Waals surface area contributed by atoms with Gasteiger partial charge in [0.1, 0.15) is 6.10 Å². The Labute approximate surface area is 187 Å². The molecule has 8 heteroatoms.